The van der Waals surface area contributed by atoms with Crippen molar-refractivity contribution < 1.29 is 18.9 Å². The average Bonchev–Trinajstić information content (AvgIpc) is 2.75. The summed E-state index contributed by atoms with van der Waals surface area (Å²) in [6.07, 6.45) is 3.88. The molecule has 0 atom stereocenters. The second-order valence-corrected chi connectivity index (χ2v) is 7.39. The monoisotopic (exact) mass is 419 g/mol. The van der Waals surface area contributed by atoms with Crippen molar-refractivity contribution in [2.75, 3.05) is 40.0 Å². The third-order valence-corrected chi connectivity index (χ3v) is 5.61. The number of benzene rings is 2. The van der Waals surface area contributed by atoms with Gasteiger partial charge in [0.15, 0.2) is 0 Å². The van der Waals surface area contributed by atoms with E-state index in [1.165, 1.54) is 11.1 Å². The number of ether oxygens (including phenoxy) is 4. The number of hydrogen-bond acceptors (Lipinski definition) is 5. The first-order valence-corrected chi connectivity index (χ1v) is 10.2. The van der Waals surface area contributed by atoms with E-state index in [-0.39, 0.29) is 18.0 Å². The minimum Gasteiger partial charge on any atom is -0.497 e. The second-order valence-electron chi connectivity index (χ2n) is 7.39. The Morgan fingerprint density at radius 3 is 2.31 bits per heavy atom. The lowest BCUT2D eigenvalue weighted by atomic mass is 9.80. The molecule has 29 heavy (non-hydrogen) atoms. The van der Waals surface area contributed by atoms with Crippen LogP contribution in [-0.4, -0.2) is 40.0 Å². The van der Waals surface area contributed by atoms with Crippen LogP contribution in [0.15, 0.2) is 42.5 Å². The maximum absolute atomic E-state index is 6.24. The van der Waals surface area contributed by atoms with Crippen LogP contribution in [0.3, 0.4) is 0 Å². The molecule has 1 saturated heterocycles. The Bertz CT molecular complexity index is 775. The molecule has 158 valence electrons. The van der Waals surface area contributed by atoms with Crippen LogP contribution in [0.1, 0.15) is 30.4 Å². The van der Waals surface area contributed by atoms with Crippen LogP contribution in [0.5, 0.6) is 17.2 Å². The molecular formula is C23H30ClNO4. The molecule has 0 aromatic heterocycles. The minimum absolute atomic E-state index is 0. The van der Waals surface area contributed by atoms with E-state index in [0.29, 0.717) is 13.2 Å². The molecule has 5 nitrogen and oxygen atoms in total. The van der Waals surface area contributed by atoms with E-state index in [1.807, 2.05) is 24.3 Å². The van der Waals surface area contributed by atoms with Crippen molar-refractivity contribution in [2.45, 2.75) is 31.3 Å². The highest BCUT2D eigenvalue weighted by Crippen LogP contribution is 2.41. The molecule has 2 aliphatic rings. The summed E-state index contributed by atoms with van der Waals surface area (Å²) in [5, 5.41) is 3.43. The maximum Gasteiger partial charge on any atom is 0.119 e. The fourth-order valence-corrected chi connectivity index (χ4v) is 4.10. The Balaban J connectivity index is 0.00000240. The van der Waals surface area contributed by atoms with Gasteiger partial charge in [-0.15, -0.1) is 12.4 Å². The molecule has 0 amide bonds. The second kappa shape index (κ2) is 10.2. The van der Waals surface area contributed by atoms with Crippen molar-refractivity contribution in [1.29, 1.82) is 0 Å². The zero-order chi connectivity index (χ0) is 19.2. The molecule has 2 aromatic rings. The van der Waals surface area contributed by atoms with Crippen molar-refractivity contribution in [3.63, 3.8) is 0 Å². The Labute approximate surface area is 179 Å². The Hall–Kier alpha value is -1.95. The largest absolute Gasteiger partial charge is 0.497 e. The molecule has 2 aliphatic heterocycles. The number of methoxy groups -OCH3 is 1. The smallest absolute Gasteiger partial charge is 0.119 e. The third kappa shape index (κ3) is 5.16. The van der Waals surface area contributed by atoms with Crippen LogP contribution in [-0.2, 0) is 16.8 Å². The van der Waals surface area contributed by atoms with Gasteiger partial charge < -0.3 is 24.3 Å². The highest BCUT2D eigenvalue weighted by Gasteiger charge is 2.38. The highest BCUT2D eigenvalue weighted by molar-refractivity contribution is 5.85. The molecule has 1 spiro atoms. The van der Waals surface area contributed by atoms with Gasteiger partial charge in [0, 0.05) is 6.42 Å². The fourth-order valence-electron chi connectivity index (χ4n) is 4.10. The molecular weight excluding hydrogens is 390 g/mol. The Morgan fingerprint density at radius 1 is 0.931 bits per heavy atom. The molecule has 1 N–H and O–H groups in total. The molecule has 2 heterocycles. The van der Waals surface area contributed by atoms with Gasteiger partial charge in [-0.2, -0.15) is 0 Å². The normalized spacial score (nSPS) is 17.1. The molecule has 4 rings (SSSR count). The van der Waals surface area contributed by atoms with Crippen LogP contribution in [0.4, 0.5) is 0 Å². The van der Waals surface area contributed by atoms with E-state index in [0.717, 1.165) is 62.6 Å². The minimum atomic E-state index is -0.0937. The Morgan fingerprint density at radius 2 is 1.59 bits per heavy atom. The van der Waals surface area contributed by atoms with Gasteiger partial charge in [-0.25, -0.2) is 0 Å². The molecule has 1 fully saturated rings. The first-order chi connectivity index (χ1) is 13.8. The maximum atomic E-state index is 6.24. The summed E-state index contributed by atoms with van der Waals surface area (Å²) >= 11 is 0. The number of halogens is 1. The Kier molecular flexibility index (Phi) is 7.64. The van der Waals surface area contributed by atoms with E-state index < -0.39 is 0 Å². The summed E-state index contributed by atoms with van der Waals surface area (Å²) in [5.74, 6) is 2.62. The van der Waals surface area contributed by atoms with E-state index in [9.17, 15) is 0 Å². The van der Waals surface area contributed by atoms with E-state index in [1.54, 1.807) is 7.11 Å². The van der Waals surface area contributed by atoms with Crippen molar-refractivity contribution in [1.82, 2.24) is 5.32 Å². The SMILES string of the molecule is COc1ccc(OCCCOc2ccc3c(c2)CCOC32CCNCC2)cc1.Cl. The number of hydrogen-bond donors (Lipinski definition) is 1. The van der Waals surface area contributed by atoms with Crippen molar-refractivity contribution in [2.24, 2.45) is 0 Å². The standard InChI is InChI=1S/C23H29NO4.ClH/c1-25-19-3-5-20(6-4-19)26-14-2-15-27-21-7-8-22-18(17-21)9-16-28-23(22)10-12-24-13-11-23;/h3-8,17,24H,2,9-16H2,1H3;1H. The topological polar surface area (TPSA) is 49.0 Å². The molecule has 0 aliphatic carbocycles. The number of nitrogens with one attached hydrogen (secondary N) is 1. The van der Waals surface area contributed by atoms with Crippen molar-refractivity contribution >= 4 is 12.4 Å². The van der Waals surface area contributed by atoms with Crippen LogP contribution in [0.2, 0.25) is 0 Å². The summed E-state index contributed by atoms with van der Waals surface area (Å²) in [4.78, 5) is 0. The molecule has 6 heteroatoms. The predicted octanol–water partition coefficient (Wildman–Crippen LogP) is 4.12. The van der Waals surface area contributed by atoms with Gasteiger partial charge in [-0.05, 0) is 79.9 Å². The zero-order valence-corrected chi connectivity index (χ0v) is 17.8. The lowest BCUT2D eigenvalue weighted by Gasteiger charge is -2.42. The van der Waals surface area contributed by atoms with E-state index >= 15 is 0 Å². The van der Waals surface area contributed by atoms with Gasteiger partial charge >= 0.3 is 0 Å². The van der Waals surface area contributed by atoms with Crippen LogP contribution >= 0.6 is 12.4 Å². The predicted molar refractivity (Wildman–Crippen MR) is 116 cm³/mol. The summed E-state index contributed by atoms with van der Waals surface area (Å²) in [6.45, 7) is 4.10. The van der Waals surface area contributed by atoms with Crippen LogP contribution in [0, 0.1) is 0 Å². The van der Waals surface area contributed by atoms with Gasteiger partial charge in [0.1, 0.15) is 17.2 Å². The lowest BCUT2D eigenvalue weighted by Crippen LogP contribution is -2.44. The van der Waals surface area contributed by atoms with E-state index in [2.05, 4.69) is 23.5 Å². The molecule has 2 aromatic carbocycles. The summed E-state index contributed by atoms with van der Waals surface area (Å²) in [5.41, 5.74) is 2.64. The first-order valence-electron chi connectivity index (χ1n) is 10.2. The van der Waals surface area contributed by atoms with Gasteiger partial charge in [0.05, 0.1) is 32.5 Å². The number of rotatable bonds is 7. The first kappa shape index (κ1) is 21.8. The van der Waals surface area contributed by atoms with Crippen molar-refractivity contribution in [3.05, 3.63) is 53.6 Å². The van der Waals surface area contributed by atoms with Gasteiger partial charge in [-0.1, -0.05) is 6.07 Å². The summed E-state index contributed by atoms with van der Waals surface area (Å²) < 4.78 is 23.1. The summed E-state index contributed by atoms with van der Waals surface area (Å²) in [7, 11) is 1.66. The molecule has 0 bridgehead atoms. The molecule has 0 saturated carbocycles. The van der Waals surface area contributed by atoms with Crippen LogP contribution < -0.4 is 19.5 Å². The van der Waals surface area contributed by atoms with E-state index in [4.69, 9.17) is 18.9 Å². The van der Waals surface area contributed by atoms with Crippen LogP contribution in [0.25, 0.3) is 0 Å². The highest BCUT2D eigenvalue weighted by atomic mass is 35.5. The average molecular weight is 420 g/mol. The fraction of sp³-hybridized carbons (Fsp3) is 0.478. The van der Waals surface area contributed by atoms with Gasteiger partial charge in [-0.3, -0.25) is 0 Å². The molecule has 0 radical (unpaired) electrons. The van der Waals surface area contributed by atoms with Crippen molar-refractivity contribution in [3.8, 4) is 17.2 Å². The number of fused-ring (bicyclic) bond motifs is 2. The lowest BCUT2D eigenvalue weighted by molar-refractivity contribution is -0.0802. The summed E-state index contributed by atoms with van der Waals surface area (Å²) in [6, 6.07) is 14.1. The van der Waals surface area contributed by atoms with Gasteiger partial charge in [0.2, 0.25) is 0 Å². The number of piperidine rings is 1. The third-order valence-electron chi connectivity index (χ3n) is 5.61. The zero-order valence-electron chi connectivity index (χ0n) is 16.9. The quantitative estimate of drug-likeness (QED) is 0.684. The van der Waals surface area contributed by atoms with Gasteiger partial charge in [0.25, 0.3) is 0 Å². The molecule has 0 unspecified atom stereocenters.